The molecule has 0 saturated carbocycles. The Morgan fingerprint density at radius 3 is 2.30 bits per heavy atom. The average Bonchev–Trinajstić information content (AvgIpc) is 3.06. The smallest absolute Gasteiger partial charge is 0.440 e. The van der Waals surface area contributed by atoms with Crippen molar-refractivity contribution in [1.29, 1.82) is 0 Å². The van der Waals surface area contributed by atoms with Crippen LogP contribution in [0, 0.1) is 0 Å². The Hall–Kier alpha value is -2.99. The third-order valence-corrected chi connectivity index (χ3v) is 4.84. The highest BCUT2D eigenvalue weighted by atomic mass is 79.9. The van der Waals surface area contributed by atoms with Crippen LogP contribution in [0.2, 0.25) is 0 Å². The normalized spacial score (nSPS) is 16.4. The van der Waals surface area contributed by atoms with E-state index in [-0.39, 0.29) is 0 Å². The van der Waals surface area contributed by atoms with Crippen LogP contribution in [0.1, 0.15) is 11.7 Å². The van der Waals surface area contributed by atoms with Crippen molar-refractivity contribution >= 4 is 33.4 Å². The number of halogens is 1. The minimum atomic E-state index is -0.444. The first-order valence-corrected chi connectivity index (χ1v) is 9.21. The second-order valence-corrected chi connectivity index (χ2v) is 6.93. The van der Waals surface area contributed by atoms with Crippen LogP contribution < -0.4 is 14.7 Å². The van der Waals surface area contributed by atoms with Gasteiger partial charge >= 0.3 is 6.09 Å². The molecule has 6 heteroatoms. The molecule has 1 heterocycles. The molecule has 0 spiro atoms. The molecular weight excluding hydrogens is 408 g/mol. The number of carbonyl (C=O) groups is 1. The van der Waals surface area contributed by atoms with E-state index < -0.39 is 12.3 Å². The SMILES string of the molecule is COc1ccc([C@@H]2N(c3cccc(Br)c3)OC(=O)N2c2ccccc2)cc1. The molecule has 3 aromatic rings. The standard InChI is InChI=1S/C21H17BrN2O3/c1-26-19-12-10-15(11-13-19)20-23(17-7-3-2-4-8-17)21(25)27-24(20)18-9-5-6-16(22)14-18/h2-14,20H,1H3/t20-/m0/s1. The molecule has 0 aromatic heterocycles. The Balaban J connectivity index is 1.82. The summed E-state index contributed by atoms with van der Waals surface area (Å²) in [4.78, 5) is 20.1. The molecule has 0 radical (unpaired) electrons. The van der Waals surface area contributed by atoms with Crippen LogP contribution in [0.25, 0.3) is 0 Å². The van der Waals surface area contributed by atoms with Gasteiger partial charge in [-0.05, 0) is 48.0 Å². The summed E-state index contributed by atoms with van der Waals surface area (Å²) in [5, 5.41) is 1.63. The zero-order valence-corrected chi connectivity index (χ0v) is 16.2. The fourth-order valence-electron chi connectivity index (χ4n) is 3.09. The van der Waals surface area contributed by atoms with Gasteiger partial charge in [-0.2, -0.15) is 5.06 Å². The third kappa shape index (κ3) is 3.36. The van der Waals surface area contributed by atoms with Crippen LogP contribution in [0.5, 0.6) is 5.75 Å². The van der Waals surface area contributed by atoms with Gasteiger partial charge in [-0.1, -0.05) is 52.3 Å². The van der Waals surface area contributed by atoms with E-state index in [1.165, 1.54) is 0 Å². The van der Waals surface area contributed by atoms with Gasteiger partial charge < -0.3 is 9.57 Å². The first kappa shape index (κ1) is 17.4. The van der Waals surface area contributed by atoms with E-state index in [0.29, 0.717) is 0 Å². The van der Waals surface area contributed by atoms with Crippen molar-refractivity contribution in [2.45, 2.75) is 6.17 Å². The molecule has 3 aromatic carbocycles. The third-order valence-electron chi connectivity index (χ3n) is 4.35. The summed E-state index contributed by atoms with van der Waals surface area (Å²) < 4.78 is 6.17. The van der Waals surface area contributed by atoms with Crippen LogP contribution in [0.4, 0.5) is 16.2 Å². The van der Waals surface area contributed by atoms with E-state index in [9.17, 15) is 4.79 Å². The molecule has 0 bridgehead atoms. The minimum absolute atomic E-state index is 0.429. The zero-order chi connectivity index (χ0) is 18.8. The van der Waals surface area contributed by atoms with Crippen molar-refractivity contribution in [3.63, 3.8) is 0 Å². The summed E-state index contributed by atoms with van der Waals surface area (Å²) >= 11 is 3.48. The molecule has 1 atom stereocenters. The number of nitrogens with zero attached hydrogens (tertiary/aromatic N) is 2. The number of ether oxygens (including phenoxy) is 1. The van der Waals surface area contributed by atoms with Crippen LogP contribution >= 0.6 is 15.9 Å². The van der Waals surface area contributed by atoms with Gasteiger partial charge in [-0.25, -0.2) is 9.69 Å². The maximum Gasteiger partial charge on any atom is 0.440 e. The van der Waals surface area contributed by atoms with E-state index >= 15 is 0 Å². The highest BCUT2D eigenvalue weighted by Gasteiger charge is 2.42. The highest BCUT2D eigenvalue weighted by Crippen LogP contribution is 2.40. The second kappa shape index (κ2) is 7.32. The van der Waals surface area contributed by atoms with Crippen molar-refractivity contribution in [3.05, 3.63) is 88.9 Å². The fourth-order valence-corrected chi connectivity index (χ4v) is 3.47. The number of methoxy groups -OCH3 is 1. The average molecular weight is 425 g/mol. The van der Waals surface area contributed by atoms with Gasteiger partial charge in [0.05, 0.1) is 12.8 Å². The van der Waals surface area contributed by atoms with Crippen LogP contribution in [0.15, 0.2) is 83.3 Å². The van der Waals surface area contributed by atoms with Crippen LogP contribution in [-0.4, -0.2) is 13.2 Å². The Morgan fingerprint density at radius 2 is 1.63 bits per heavy atom. The number of amides is 1. The predicted molar refractivity (Wildman–Crippen MR) is 108 cm³/mol. The lowest BCUT2D eigenvalue weighted by atomic mass is 10.1. The summed E-state index contributed by atoms with van der Waals surface area (Å²) in [5.74, 6) is 0.754. The summed E-state index contributed by atoms with van der Waals surface area (Å²) in [7, 11) is 1.63. The Bertz CT molecular complexity index is 947. The van der Waals surface area contributed by atoms with Gasteiger partial charge in [-0.3, -0.25) is 0 Å². The number of anilines is 2. The maximum atomic E-state index is 12.8. The van der Waals surface area contributed by atoms with Crippen molar-refractivity contribution in [3.8, 4) is 5.75 Å². The largest absolute Gasteiger partial charge is 0.497 e. The summed E-state index contributed by atoms with van der Waals surface area (Å²) in [6.45, 7) is 0. The van der Waals surface area contributed by atoms with E-state index in [4.69, 9.17) is 9.57 Å². The van der Waals surface area contributed by atoms with Crippen molar-refractivity contribution in [1.82, 2.24) is 0 Å². The summed E-state index contributed by atoms with van der Waals surface area (Å²) in [6.07, 6.45) is -0.873. The molecular formula is C21H17BrN2O3. The Morgan fingerprint density at radius 1 is 0.926 bits per heavy atom. The van der Waals surface area contributed by atoms with Gasteiger partial charge in [0.2, 0.25) is 0 Å². The number of carbonyl (C=O) groups excluding carboxylic acids is 1. The van der Waals surface area contributed by atoms with E-state index in [0.717, 1.165) is 27.2 Å². The molecule has 4 rings (SSSR count). The van der Waals surface area contributed by atoms with Crippen LogP contribution in [-0.2, 0) is 4.84 Å². The first-order valence-electron chi connectivity index (χ1n) is 8.42. The number of hydroxylamine groups is 1. The summed E-state index contributed by atoms with van der Waals surface area (Å²) in [6, 6.07) is 24.8. The summed E-state index contributed by atoms with van der Waals surface area (Å²) in [5.41, 5.74) is 2.45. The van der Waals surface area contributed by atoms with Gasteiger partial charge in [0.1, 0.15) is 5.75 Å². The molecule has 1 aliphatic rings. The van der Waals surface area contributed by atoms with Gasteiger partial charge in [0.25, 0.3) is 0 Å². The Kier molecular flexibility index (Phi) is 4.73. The monoisotopic (exact) mass is 424 g/mol. The molecule has 136 valence electrons. The molecule has 0 aliphatic carbocycles. The van der Waals surface area contributed by atoms with Crippen LogP contribution in [0.3, 0.4) is 0 Å². The molecule has 1 saturated heterocycles. The number of hydrogen-bond acceptors (Lipinski definition) is 4. The van der Waals surface area contributed by atoms with Gasteiger partial charge in [0, 0.05) is 10.2 Å². The van der Waals surface area contributed by atoms with Gasteiger partial charge in [-0.15, -0.1) is 0 Å². The van der Waals surface area contributed by atoms with Crippen molar-refractivity contribution in [2.24, 2.45) is 0 Å². The lowest BCUT2D eigenvalue weighted by Crippen LogP contribution is -2.31. The predicted octanol–water partition coefficient (Wildman–Crippen LogP) is 5.53. The lowest BCUT2D eigenvalue weighted by Gasteiger charge is -2.27. The zero-order valence-electron chi connectivity index (χ0n) is 14.6. The van der Waals surface area contributed by atoms with E-state index in [2.05, 4.69) is 15.9 Å². The van der Waals surface area contributed by atoms with E-state index in [1.807, 2.05) is 78.9 Å². The Labute approximate surface area is 165 Å². The highest BCUT2D eigenvalue weighted by molar-refractivity contribution is 9.10. The molecule has 0 unspecified atom stereocenters. The number of hydrogen-bond donors (Lipinski definition) is 0. The first-order chi connectivity index (χ1) is 13.2. The fraction of sp³-hybridized carbons (Fsp3) is 0.0952. The second-order valence-electron chi connectivity index (χ2n) is 6.02. The quantitative estimate of drug-likeness (QED) is 0.551. The molecule has 5 nitrogen and oxygen atoms in total. The van der Waals surface area contributed by atoms with Crippen molar-refractivity contribution < 1.29 is 14.4 Å². The van der Waals surface area contributed by atoms with Gasteiger partial charge in [0.15, 0.2) is 6.17 Å². The molecule has 1 aliphatic heterocycles. The molecule has 1 fully saturated rings. The molecule has 0 N–H and O–H groups in total. The lowest BCUT2D eigenvalue weighted by molar-refractivity contribution is 0.164. The van der Waals surface area contributed by atoms with E-state index in [1.54, 1.807) is 17.1 Å². The minimum Gasteiger partial charge on any atom is -0.497 e. The molecule has 27 heavy (non-hydrogen) atoms. The number of rotatable bonds is 4. The molecule has 1 amide bonds. The number of benzene rings is 3. The maximum absolute atomic E-state index is 12.8. The topological polar surface area (TPSA) is 42.0 Å². The van der Waals surface area contributed by atoms with Crippen molar-refractivity contribution in [2.75, 3.05) is 17.1 Å². The number of para-hydroxylation sites is 1.